The number of rotatable bonds is 5. The second-order valence-corrected chi connectivity index (χ2v) is 13.5. The molecule has 312 valence electrons. The third kappa shape index (κ3) is 11.7. The van der Waals surface area contributed by atoms with E-state index in [0.717, 1.165) is 37.3 Å². The SMILES string of the molecule is O=C(Nc1cccnn1)C1CC12CCN(C(=O)OC(C(F)(F)F)C(F)(F)F)CC2.O=C(Nc1cccnn1)C1CC12CCNCC2.OC(C(F)(F)F)C(F)(F)F. The van der Waals surface area contributed by atoms with Gasteiger partial charge in [-0.05, 0) is 86.7 Å². The molecule has 2 saturated heterocycles. The number of ether oxygens (including phenoxy) is 1. The summed E-state index contributed by atoms with van der Waals surface area (Å²) in [6.45, 7) is 1.87. The second-order valence-electron chi connectivity index (χ2n) is 13.5. The van der Waals surface area contributed by atoms with E-state index in [1.165, 1.54) is 6.20 Å². The van der Waals surface area contributed by atoms with Crippen LogP contribution in [-0.4, -0.2) is 111 Å². The van der Waals surface area contributed by atoms with Gasteiger partial charge >= 0.3 is 30.8 Å². The zero-order valence-corrected chi connectivity index (χ0v) is 28.7. The number of hydrogen-bond donors (Lipinski definition) is 4. The van der Waals surface area contributed by atoms with Crippen molar-refractivity contribution in [2.45, 2.75) is 75.4 Å². The number of likely N-dealkylation sites (tertiary alicyclic amines) is 1. The van der Waals surface area contributed by atoms with E-state index in [9.17, 15) is 67.1 Å². The number of nitrogens with one attached hydrogen (secondary N) is 3. The van der Waals surface area contributed by atoms with Crippen molar-refractivity contribution in [1.29, 1.82) is 0 Å². The molecule has 4 N–H and O–H groups in total. The molecular weight excluding hydrogens is 792 g/mol. The van der Waals surface area contributed by atoms with E-state index in [1.54, 1.807) is 30.5 Å². The maximum Gasteiger partial charge on any atom is 0.434 e. The average Bonchev–Trinajstić information content (AvgIpc) is 4.01. The van der Waals surface area contributed by atoms with E-state index in [0.29, 0.717) is 12.2 Å². The normalized spacial score (nSPS) is 21.3. The molecule has 2 aliphatic heterocycles. The van der Waals surface area contributed by atoms with Gasteiger partial charge in [0.2, 0.25) is 17.9 Å². The predicted molar refractivity (Wildman–Crippen MR) is 166 cm³/mol. The van der Waals surface area contributed by atoms with E-state index in [1.807, 2.05) is 0 Å². The minimum atomic E-state index is -5.76. The van der Waals surface area contributed by atoms with Crippen molar-refractivity contribution in [3.63, 3.8) is 0 Å². The standard InChI is InChI=1S/C16H16F6N4O3.C12H16N4O.C3H2F6O/c17-15(18,19)12(16(20,21)22)29-13(28)26-6-3-14(4-7-26)8-9(14)11(27)24-10-2-1-5-23-25-10;17-11(15-10-2-1-5-14-16-10)9-8-12(9)3-6-13-7-4-12;4-2(5,6)1(10)3(7,8)9/h1-2,5,9,12H,3-4,6-8H2,(H,24,25,27);1-2,5,9,13H,3-4,6-8H2,(H,15,16,17);1,10H. The lowest BCUT2D eigenvalue weighted by Crippen LogP contribution is -2.49. The molecule has 6 rings (SSSR count). The molecule has 0 aromatic carbocycles. The molecule has 0 radical (unpaired) electrons. The average molecular weight is 827 g/mol. The Morgan fingerprint density at radius 1 is 0.714 bits per heavy atom. The molecular formula is C31H34F12N8O5. The van der Waals surface area contributed by atoms with Crippen LogP contribution < -0.4 is 16.0 Å². The minimum absolute atomic E-state index is 0.101. The Morgan fingerprint density at radius 3 is 1.46 bits per heavy atom. The smallest absolute Gasteiger partial charge is 0.426 e. The largest absolute Gasteiger partial charge is 0.434 e. The van der Waals surface area contributed by atoms with Gasteiger partial charge in [0, 0.05) is 37.3 Å². The molecule has 56 heavy (non-hydrogen) atoms. The summed E-state index contributed by atoms with van der Waals surface area (Å²) in [5.74, 6) is 0.426. The maximum atomic E-state index is 12.5. The first-order valence-corrected chi connectivity index (χ1v) is 16.7. The van der Waals surface area contributed by atoms with Crippen LogP contribution in [0.3, 0.4) is 0 Å². The Kier molecular flexibility index (Phi) is 13.3. The quantitative estimate of drug-likeness (QED) is 0.286. The predicted octanol–water partition coefficient (Wildman–Crippen LogP) is 5.42. The van der Waals surface area contributed by atoms with Gasteiger partial charge < -0.3 is 30.7 Å². The van der Waals surface area contributed by atoms with Crippen molar-refractivity contribution in [3.8, 4) is 0 Å². The highest BCUT2D eigenvalue weighted by atomic mass is 19.4. The van der Waals surface area contributed by atoms with Crippen molar-refractivity contribution in [2.75, 3.05) is 36.8 Å². The van der Waals surface area contributed by atoms with E-state index < -0.39 is 48.4 Å². The monoisotopic (exact) mass is 826 g/mol. The van der Waals surface area contributed by atoms with Crippen LogP contribution in [0.25, 0.3) is 0 Å². The highest BCUT2D eigenvalue weighted by Crippen LogP contribution is 2.60. The van der Waals surface area contributed by atoms with Crippen molar-refractivity contribution in [1.82, 2.24) is 30.6 Å². The number of alkyl halides is 12. The Hall–Kier alpha value is -4.55. The fourth-order valence-electron chi connectivity index (χ4n) is 6.44. The van der Waals surface area contributed by atoms with Gasteiger partial charge in [-0.1, -0.05) is 0 Å². The number of carbonyl (C=O) groups excluding carboxylic acids is 3. The first kappa shape index (κ1) is 44.2. The lowest BCUT2D eigenvalue weighted by atomic mass is 9.91. The van der Waals surface area contributed by atoms with Crippen molar-refractivity contribution in [3.05, 3.63) is 36.7 Å². The van der Waals surface area contributed by atoms with Crippen LogP contribution >= 0.6 is 0 Å². The number of piperidine rings is 2. The third-order valence-electron chi connectivity index (χ3n) is 9.71. The summed E-state index contributed by atoms with van der Waals surface area (Å²) in [5, 5.41) is 31.2. The van der Waals surface area contributed by atoms with Gasteiger partial charge in [0.05, 0.1) is 0 Å². The summed E-state index contributed by atoms with van der Waals surface area (Å²) in [7, 11) is 0. The zero-order chi connectivity index (χ0) is 41.7. The zero-order valence-electron chi connectivity index (χ0n) is 28.7. The molecule has 2 atom stereocenters. The summed E-state index contributed by atoms with van der Waals surface area (Å²) in [6.07, 6.45) is -25.5. The number of aromatic nitrogens is 4. The van der Waals surface area contributed by atoms with Crippen LogP contribution in [-0.2, 0) is 14.3 Å². The molecule has 2 saturated carbocycles. The molecule has 2 aliphatic carbocycles. The molecule has 2 unspecified atom stereocenters. The van der Waals surface area contributed by atoms with Crippen LogP contribution in [0, 0.1) is 22.7 Å². The number of hydrogen-bond acceptors (Lipinski definition) is 10. The number of carbonyl (C=O) groups is 3. The first-order valence-electron chi connectivity index (χ1n) is 16.7. The highest BCUT2D eigenvalue weighted by Gasteiger charge is 2.62. The molecule has 4 fully saturated rings. The Bertz CT molecular complexity index is 1610. The first-order chi connectivity index (χ1) is 25.9. The van der Waals surface area contributed by atoms with E-state index >= 15 is 0 Å². The topological polar surface area (TPSA) is 172 Å². The van der Waals surface area contributed by atoms with Crippen molar-refractivity contribution < 1.29 is 76.9 Å². The third-order valence-corrected chi connectivity index (χ3v) is 9.71. The van der Waals surface area contributed by atoms with E-state index in [-0.39, 0.29) is 60.8 Å². The molecule has 13 nitrogen and oxygen atoms in total. The van der Waals surface area contributed by atoms with Crippen molar-refractivity contribution >= 4 is 29.5 Å². The lowest BCUT2D eigenvalue weighted by molar-refractivity contribution is -0.309. The molecule has 3 amide bonds. The number of aliphatic hydroxyl groups is 1. The number of amides is 3. The van der Waals surface area contributed by atoms with Gasteiger partial charge in [-0.2, -0.15) is 62.9 Å². The summed E-state index contributed by atoms with van der Waals surface area (Å²) in [5.41, 5.74) is -0.159. The van der Waals surface area contributed by atoms with Crippen LogP contribution in [0.15, 0.2) is 36.7 Å². The Morgan fingerprint density at radius 2 is 1.12 bits per heavy atom. The summed E-state index contributed by atoms with van der Waals surface area (Å²) < 4.78 is 145. The fourth-order valence-corrected chi connectivity index (χ4v) is 6.44. The summed E-state index contributed by atoms with van der Waals surface area (Å²) >= 11 is 0. The number of halogens is 12. The fraction of sp³-hybridized carbons (Fsp3) is 0.645. The second kappa shape index (κ2) is 16.9. The number of anilines is 2. The lowest BCUT2D eigenvalue weighted by Gasteiger charge is -2.33. The molecule has 4 aliphatic rings. The molecule has 2 aromatic heterocycles. The van der Waals surface area contributed by atoms with E-state index in [4.69, 9.17) is 5.11 Å². The summed E-state index contributed by atoms with van der Waals surface area (Å²) in [6, 6.07) is 6.68. The van der Waals surface area contributed by atoms with Crippen LogP contribution in [0.1, 0.15) is 38.5 Å². The van der Waals surface area contributed by atoms with Gasteiger partial charge in [-0.3, -0.25) is 9.59 Å². The Labute approximate surface area is 308 Å². The van der Waals surface area contributed by atoms with Gasteiger partial charge in [0.25, 0.3) is 6.10 Å². The summed E-state index contributed by atoms with van der Waals surface area (Å²) in [4.78, 5) is 36.9. The molecule has 0 bridgehead atoms. The number of nitrogens with zero attached hydrogens (tertiary/aromatic N) is 5. The van der Waals surface area contributed by atoms with Gasteiger partial charge in [-0.25, -0.2) is 4.79 Å². The van der Waals surface area contributed by atoms with E-state index in [2.05, 4.69) is 41.1 Å². The number of aliphatic hydroxyl groups excluding tert-OH is 1. The molecule has 2 spiro atoms. The Balaban J connectivity index is 0.000000216. The van der Waals surface area contributed by atoms with Gasteiger partial charge in [0.1, 0.15) is 0 Å². The minimum Gasteiger partial charge on any atom is -0.426 e. The van der Waals surface area contributed by atoms with Crippen LogP contribution in [0.5, 0.6) is 0 Å². The maximum absolute atomic E-state index is 12.5. The van der Waals surface area contributed by atoms with Gasteiger partial charge in [0.15, 0.2) is 11.6 Å². The highest BCUT2D eigenvalue weighted by molar-refractivity contribution is 5.94. The van der Waals surface area contributed by atoms with Crippen LogP contribution in [0.4, 0.5) is 69.1 Å². The molecule has 4 heterocycles. The van der Waals surface area contributed by atoms with Crippen LogP contribution in [0.2, 0.25) is 0 Å². The molecule has 2 aromatic rings. The van der Waals surface area contributed by atoms with Gasteiger partial charge in [-0.15, -0.1) is 10.2 Å². The molecule has 25 heteroatoms. The van der Waals surface area contributed by atoms with Crippen molar-refractivity contribution in [2.24, 2.45) is 22.7 Å².